The summed E-state index contributed by atoms with van der Waals surface area (Å²) >= 11 is 0. The van der Waals surface area contributed by atoms with E-state index in [1.807, 2.05) is 73.7 Å². The van der Waals surface area contributed by atoms with E-state index in [-0.39, 0.29) is 17.6 Å². The highest BCUT2D eigenvalue weighted by Crippen LogP contribution is 2.30. The number of allylic oxidation sites excluding steroid dienone is 1. The number of hydrogen-bond donors (Lipinski definition) is 0. The van der Waals surface area contributed by atoms with Crippen LogP contribution < -0.4 is 0 Å². The minimum atomic E-state index is -0.152. The standard InChI is InChI=1S/C22H20O/c1-3-19(17-10-5-4-6-11-17)16(2)22(23)21-15-9-13-18-12-7-8-14-20(18)21/h3-16,19H,1H2,2H3/t16-,19-/m0/s1. The summed E-state index contributed by atoms with van der Waals surface area (Å²) < 4.78 is 0. The van der Waals surface area contributed by atoms with E-state index in [1.165, 1.54) is 0 Å². The fraction of sp³-hybridized carbons (Fsp3) is 0.136. The summed E-state index contributed by atoms with van der Waals surface area (Å²) in [5.41, 5.74) is 1.92. The van der Waals surface area contributed by atoms with Crippen LogP contribution in [-0.2, 0) is 0 Å². The summed E-state index contributed by atoms with van der Waals surface area (Å²) in [6.45, 7) is 5.93. The molecule has 0 unspecified atom stereocenters. The van der Waals surface area contributed by atoms with Crippen LogP contribution in [0.15, 0.2) is 85.5 Å². The molecule has 0 aromatic heterocycles. The minimum absolute atomic E-state index is 0.0164. The summed E-state index contributed by atoms with van der Waals surface area (Å²) in [6.07, 6.45) is 1.88. The highest BCUT2D eigenvalue weighted by Gasteiger charge is 2.25. The topological polar surface area (TPSA) is 17.1 Å². The largest absolute Gasteiger partial charge is 0.294 e. The molecule has 0 aliphatic rings. The molecule has 0 spiro atoms. The van der Waals surface area contributed by atoms with Gasteiger partial charge in [-0.25, -0.2) is 0 Å². The van der Waals surface area contributed by atoms with Gasteiger partial charge in [-0.2, -0.15) is 0 Å². The van der Waals surface area contributed by atoms with Gasteiger partial charge in [0.25, 0.3) is 0 Å². The maximum Gasteiger partial charge on any atom is 0.167 e. The first-order chi connectivity index (χ1) is 11.2. The van der Waals surface area contributed by atoms with E-state index in [0.717, 1.165) is 21.9 Å². The molecule has 0 amide bonds. The summed E-state index contributed by atoms with van der Waals surface area (Å²) in [7, 11) is 0. The lowest BCUT2D eigenvalue weighted by Gasteiger charge is -2.21. The smallest absolute Gasteiger partial charge is 0.167 e. The van der Waals surface area contributed by atoms with Crippen molar-refractivity contribution in [3.63, 3.8) is 0 Å². The van der Waals surface area contributed by atoms with E-state index in [4.69, 9.17) is 0 Å². The predicted octanol–water partition coefficient (Wildman–Crippen LogP) is 5.63. The lowest BCUT2D eigenvalue weighted by Crippen LogP contribution is -2.18. The van der Waals surface area contributed by atoms with Gasteiger partial charge in [-0.05, 0) is 16.3 Å². The van der Waals surface area contributed by atoms with Gasteiger partial charge in [-0.3, -0.25) is 4.79 Å². The van der Waals surface area contributed by atoms with Crippen molar-refractivity contribution in [3.05, 3.63) is 96.6 Å². The Morgan fingerprint density at radius 3 is 2.30 bits per heavy atom. The molecule has 0 N–H and O–H groups in total. The highest BCUT2D eigenvalue weighted by molar-refractivity contribution is 6.09. The van der Waals surface area contributed by atoms with Gasteiger partial charge in [0.15, 0.2) is 5.78 Å². The summed E-state index contributed by atoms with van der Waals surface area (Å²) in [5.74, 6) is 0.0268. The Kier molecular flexibility index (Phi) is 4.38. The summed E-state index contributed by atoms with van der Waals surface area (Å²) in [5, 5.41) is 2.11. The molecular weight excluding hydrogens is 280 g/mol. The first-order valence-electron chi connectivity index (χ1n) is 7.92. The molecule has 0 radical (unpaired) electrons. The van der Waals surface area contributed by atoms with E-state index >= 15 is 0 Å². The SMILES string of the molecule is C=C[C@H](c1ccccc1)[C@H](C)C(=O)c1cccc2ccccc12. The molecule has 0 aliphatic heterocycles. The van der Waals surface area contributed by atoms with Crippen LogP contribution in [0.3, 0.4) is 0 Å². The maximum absolute atomic E-state index is 13.1. The van der Waals surface area contributed by atoms with Crippen molar-refractivity contribution >= 4 is 16.6 Å². The second-order valence-corrected chi connectivity index (χ2v) is 5.85. The molecule has 1 heteroatoms. The third-order valence-corrected chi connectivity index (χ3v) is 4.45. The van der Waals surface area contributed by atoms with Gasteiger partial charge in [0, 0.05) is 17.4 Å². The number of carbonyl (C=O) groups excluding carboxylic acids is 1. The zero-order valence-electron chi connectivity index (χ0n) is 13.3. The fourth-order valence-corrected chi connectivity index (χ4v) is 3.15. The molecule has 3 aromatic carbocycles. The van der Waals surface area contributed by atoms with Gasteiger partial charge in [-0.1, -0.05) is 85.8 Å². The Labute approximate surface area is 137 Å². The van der Waals surface area contributed by atoms with Gasteiger partial charge < -0.3 is 0 Å². The van der Waals surface area contributed by atoms with E-state index in [0.29, 0.717) is 0 Å². The monoisotopic (exact) mass is 300 g/mol. The summed E-state index contributed by atoms with van der Waals surface area (Å²) in [4.78, 5) is 13.1. The highest BCUT2D eigenvalue weighted by atomic mass is 16.1. The Hall–Kier alpha value is -2.67. The average molecular weight is 300 g/mol. The molecule has 3 aromatic rings. The van der Waals surface area contributed by atoms with Crippen LogP contribution >= 0.6 is 0 Å². The van der Waals surface area contributed by atoms with E-state index in [9.17, 15) is 4.79 Å². The van der Waals surface area contributed by atoms with Crippen molar-refractivity contribution in [2.75, 3.05) is 0 Å². The molecule has 0 heterocycles. The van der Waals surface area contributed by atoms with Crippen molar-refractivity contribution < 1.29 is 4.79 Å². The fourth-order valence-electron chi connectivity index (χ4n) is 3.15. The van der Waals surface area contributed by atoms with Gasteiger partial charge in [0.2, 0.25) is 0 Å². The number of ketones is 1. The van der Waals surface area contributed by atoms with E-state index in [1.54, 1.807) is 0 Å². The van der Waals surface area contributed by atoms with Gasteiger partial charge in [-0.15, -0.1) is 6.58 Å². The van der Waals surface area contributed by atoms with Crippen LogP contribution in [0.4, 0.5) is 0 Å². The van der Waals surface area contributed by atoms with Crippen molar-refractivity contribution in [2.24, 2.45) is 5.92 Å². The first-order valence-corrected chi connectivity index (χ1v) is 7.92. The molecule has 114 valence electrons. The van der Waals surface area contributed by atoms with Crippen LogP contribution in [0.5, 0.6) is 0 Å². The van der Waals surface area contributed by atoms with Gasteiger partial charge >= 0.3 is 0 Å². The van der Waals surface area contributed by atoms with Crippen molar-refractivity contribution in [2.45, 2.75) is 12.8 Å². The molecule has 23 heavy (non-hydrogen) atoms. The molecule has 0 fully saturated rings. The second-order valence-electron chi connectivity index (χ2n) is 5.85. The third kappa shape index (κ3) is 2.95. The van der Waals surface area contributed by atoms with Crippen molar-refractivity contribution in [1.29, 1.82) is 0 Å². The van der Waals surface area contributed by atoms with Crippen molar-refractivity contribution in [1.82, 2.24) is 0 Å². The lowest BCUT2D eigenvalue weighted by atomic mass is 9.81. The molecule has 3 rings (SSSR count). The minimum Gasteiger partial charge on any atom is -0.294 e. The van der Waals surface area contributed by atoms with Crippen LogP contribution in [0.1, 0.15) is 28.8 Å². The number of Topliss-reactive ketones (excluding diaryl/α,β-unsaturated/α-hetero) is 1. The van der Waals surface area contributed by atoms with E-state index < -0.39 is 0 Å². The normalized spacial score (nSPS) is 13.4. The maximum atomic E-state index is 13.1. The first kappa shape index (κ1) is 15.2. The zero-order chi connectivity index (χ0) is 16.2. The van der Waals surface area contributed by atoms with E-state index in [2.05, 4.69) is 18.7 Å². The van der Waals surface area contributed by atoms with Crippen molar-refractivity contribution in [3.8, 4) is 0 Å². The Morgan fingerprint density at radius 2 is 1.57 bits per heavy atom. The molecular formula is C22H20O. The third-order valence-electron chi connectivity index (χ3n) is 4.45. The molecule has 2 atom stereocenters. The van der Waals surface area contributed by atoms with Crippen LogP contribution in [0.25, 0.3) is 10.8 Å². The quantitative estimate of drug-likeness (QED) is 0.441. The molecule has 0 bridgehead atoms. The van der Waals surface area contributed by atoms with Crippen LogP contribution in [0.2, 0.25) is 0 Å². The lowest BCUT2D eigenvalue weighted by molar-refractivity contribution is 0.0922. The van der Waals surface area contributed by atoms with Crippen LogP contribution in [0, 0.1) is 5.92 Å². The molecule has 0 saturated heterocycles. The zero-order valence-corrected chi connectivity index (χ0v) is 13.3. The number of carbonyl (C=O) groups is 1. The average Bonchev–Trinajstić information content (AvgIpc) is 2.62. The second kappa shape index (κ2) is 6.62. The molecule has 0 saturated carbocycles. The number of benzene rings is 3. The number of hydrogen-bond acceptors (Lipinski definition) is 1. The van der Waals surface area contributed by atoms with Gasteiger partial charge in [0.05, 0.1) is 0 Å². The van der Waals surface area contributed by atoms with Crippen LogP contribution in [-0.4, -0.2) is 5.78 Å². The molecule has 1 nitrogen and oxygen atoms in total. The number of rotatable bonds is 5. The number of fused-ring (bicyclic) bond motifs is 1. The Bertz CT molecular complexity index is 827. The summed E-state index contributed by atoms with van der Waals surface area (Å²) in [6, 6.07) is 24.0. The van der Waals surface area contributed by atoms with Gasteiger partial charge in [0.1, 0.15) is 0 Å². The molecule has 0 aliphatic carbocycles. The predicted molar refractivity (Wildman–Crippen MR) is 96.8 cm³/mol. The Balaban J connectivity index is 1.99. The Morgan fingerprint density at radius 1 is 0.913 bits per heavy atom.